The zero-order valence-electron chi connectivity index (χ0n) is 11.6. The summed E-state index contributed by atoms with van der Waals surface area (Å²) in [7, 11) is 0. The molecule has 2 rings (SSSR count). The maximum Gasteiger partial charge on any atom is 0.205 e. The molecule has 1 aromatic carbocycles. The average molecular weight is 260 g/mol. The van der Waals surface area contributed by atoms with Crippen LogP contribution in [-0.2, 0) is 11.3 Å². The van der Waals surface area contributed by atoms with Crippen LogP contribution in [0.15, 0.2) is 36.4 Å². The number of aliphatic hydroxyl groups is 1. The van der Waals surface area contributed by atoms with Crippen LogP contribution in [0.2, 0.25) is 0 Å². The zero-order chi connectivity index (χ0) is 13.9. The Hall–Kier alpha value is -1.58. The molecule has 1 aliphatic rings. The number of fused-ring (bicyclic) bond motifs is 1. The molecular weight excluding hydrogens is 240 g/mol. The minimum absolute atomic E-state index is 0.429. The molecule has 102 valence electrons. The summed E-state index contributed by atoms with van der Waals surface area (Å²) in [6, 6.07) is 5.96. The molecule has 0 bridgehead atoms. The Morgan fingerprint density at radius 1 is 1.32 bits per heavy atom. The minimum Gasteiger partial charge on any atom is -0.463 e. The van der Waals surface area contributed by atoms with Crippen LogP contribution in [0.25, 0.3) is 6.08 Å². The van der Waals surface area contributed by atoms with Crippen molar-refractivity contribution in [1.82, 2.24) is 0 Å². The molecule has 19 heavy (non-hydrogen) atoms. The molecule has 1 heterocycles. The fourth-order valence-corrected chi connectivity index (χ4v) is 1.91. The van der Waals surface area contributed by atoms with Crippen molar-refractivity contribution < 1.29 is 14.6 Å². The Bertz CT molecular complexity index is 499. The van der Waals surface area contributed by atoms with Crippen LogP contribution in [0.4, 0.5) is 0 Å². The minimum atomic E-state index is -0.568. The van der Waals surface area contributed by atoms with Crippen LogP contribution in [-0.4, -0.2) is 17.0 Å². The highest BCUT2D eigenvalue weighted by Crippen LogP contribution is 2.33. The molecule has 1 aliphatic heterocycles. The second-order valence-corrected chi connectivity index (χ2v) is 5.10. The summed E-state index contributed by atoms with van der Waals surface area (Å²) in [5, 5.41) is 9.14. The van der Waals surface area contributed by atoms with Crippen molar-refractivity contribution in [3.05, 3.63) is 47.6 Å². The van der Waals surface area contributed by atoms with Crippen LogP contribution >= 0.6 is 0 Å². The third-order valence-electron chi connectivity index (χ3n) is 2.87. The molecule has 0 aliphatic carbocycles. The molecule has 0 saturated heterocycles. The van der Waals surface area contributed by atoms with Gasteiger partial charge < -0.3 is 14.6 Å². The number of benzene rings is 1. The molecule has 1 aromatic rings. The molecule has 0 spiro atoms. The monoisotopic (exact) mass is 260 g/mol. The number of rotatable bonds is 3. The van der Waals surface area contributed by atoms with Gasteiger partial charge in [0.1, 0.15) is 5.75 Å². The fraction of sp³-hybridized carbons (Fsp3) is 0.375. The third kappa shape index (κ3) is 3.69. The van der Waals surface area contributed by atoms with Gasteiger partial charge in [-0.15, -0.1) is 0 Å². The zero-order valence-corrected chi connectivity index (χ0v) is 11.6. The standard InChI is InChI=1S/C16H20O3/c1-12(17)7-4-5-8-13-9-6-10-15-14(13)11-18-16(2,3)19-15/h4-10,12,17H,11H2,1-3H3/b7-4-,8-5+/t12-/m0/s1. The highest BCUT2D eigenvalue weighted by molar-refractivity contribution is 5.59. The lowest BCUT2D eigenvalue weighted by atomic mass is 10.0. The van der Waals surface area contributed by atoms with Crippen molar-refractivity contribution in [2.75, 3.05) is 0 Å². The first-order chi connectivity index (χ1) is 8.98. The number of hydrogen-bond donors (Lipinski definition) is 1. The molecule has 3 nitrogen and oxygen atoms in total. The highest BCUT2D eigenvalue weighted by atomic mass is 16.7. The van der Waals surface area contributed by atoms with E-state index in [9.17, 15) is 0 Å². The van der Waals surface area contributed by atoms with Crippen molar-refractivity contribution in [1.29, 1.82) is 0 Å². The average Bonchev–Trinajstić information content (AvgIpc) is 2.33. The van der Waals surface area contributed by atoms with E-state index in [0.717, 1.165) is 16.9 Å². The summed E-state index contributed by atoms with van der Waals surface area (Å²) in [5.74, 6) is 0.305. The molecule has 0 saturated carbocycles. The van der Waals surface area contributed by atoms with Gasteiger partial charge in [-0.25, -0.2) is 0 Å². The van der Waals surface area contributed by atoms with Gasteiger partial charge in [-0.3, -0.25) is 0 Å². The molecule has 0 fully saturated rings. The Kier molecular flexibility index (Phi) is 4.08. The molecule has 1 N–H and O–H groups in total. The summed E-state index contributed by atoms with van der Waals surface area (Å²) in [5.41, 5.74) is 2.13. The maximum atomic E-state index is 9.14. The van der Waals surface area contributed by atoms with Gasteiger partial charge in [-0.05, 0) is 18.6 Å². The quantitative estimate of drug-likeness (QED) is 0.848. The van der Waals surface area contributed by atoms with Crippen molar-refractivity contribution in [2.45, 2.75) is 39.3 Å². The van der Waals surface area contributed by atoms with Crippen molar-refractivity contribution >= 4 is 6.08 Å². The van der Waals surface area contributed by atoms with Gasteiger partial charge in [0.15, 0.2) is 0 Å². The Morgan fingerprint density at radius 2 is 2.11 bits per heavy atom. The molecule has 3 heteroatoms. The third-order valence-corrected chi connectivity index (χ3v) is 2.87. The van der Waals surface area contributed by atoms with E-state index in [-0.39, 0.29) is 0 Å². The van der Waals surface area contributed by atoms with E-state index in [0.29, 0.717) is 6.61 Å². The first kappa shape index (κ1) is 13.8. The van der Waals surface area contributed by atoms with Gasteiger partial charge in [0.05, 0.1) is 12.7 Å². The van der Waals surface area contributed by atoms with E-state index in [4.69, 9.17) is 14.6 Å². The van der Waals surface area contributed by atoms with Gasteiger partial charge >= 0.3 is 0 Å². The predicted molar refractivity (Wildman–Crippen MR) is 75.8 cm³/mol. The van der Waals surface area contributed by atoms with Crippen LogP contribution in [0.5, 0.6) is 5.75 Å². The molecule has 0 amide bonds. The lowest BCUT2D eigenvalue weighted by molar-refractivity contribution is -0.180. The van der Waals surface area contributed by atoms with Gasteiger partial charge in [-0.1, -0.05) is 36.4 Å². The maximum absolute atomic E-state index is 9.14. The second kappa shape index (κ2) is 5.59. The SMILES string of the molecule is C[C@H](O)/C=C\C=C\c1cccc2c1COC(C)(C)O2. The predicted octanol–water partition coefficient (Wildman–Crippen LogP) is 3.28. The second-order valence-electron chi connectivity index (χ2n) is 5.10. The summed E-state index contributed by atoms with van der Waals surface area (Å²) in [6.07, 6.45) is 7.02. The highest BCUT2D eigenvalue weighted by Gasteiger charge is 2.27. The summed E-state index contributed by atoms with van der Waals surface area (Å²) in [4.78, 5) is 0. The summed E-state index contributed by atoms with van der Waals surface area (Å²) >= 11 is 0. The number of hydrogen-bond acceptors (Lipinski definition) is 3. The number of ether oxygens (including phenoxy) is 2. The molecular formula is C16H20O3. The van der Waals surface area contributed by atoms with Crippen LogP contribution in [0.3, 0.4) is 0 Å². The van der Waals surface area contributed by atoms with Gasteiger partial charge in [0.25, 0.3) is 0 Å². The smallest absolute Gasteiger partial charge is 0.205 e. The molecule has 0 aromatic heterocycles. The van der Waals surface area contributed by atoms with Gasteiger partial charge in [0.2, 0.25) is 5.79 Å². The Morgan fingerprint density at radius 3 is 2.84 bits per heavy atom. The Labute approximate surface area is 114 Å². The Balaban J connectivity index is 2.20. The van der Waals surface area contributed by atoms with Crippen molar-refractivity contribution in [2.24, 2.45) is 0 Å². The topological polar surface area (TPSA) is 38.7 Å². The normalized spacial score (nSPS) is 19.4. The molecule has 0 radical (unpaired) electrons. The van der Waals surface area contributed by atoms with Crippen molar-refractivity contribution in [3.8, 4) is 5.75 Å². The van der Waals surface area contributed by atoms with Crippen molar-refractivity contribution in [3.63, 3.8) is 0 Å². The van der Waals surface area contributed by atoms with Gasteiger partial charge in [-0.2, -0.15) is 0 Å². The number of allylic oxidation sites excluding steroid dienone is 2. The van der Waals surface area contributed by atoms with E-state index in [1.54, 1.807) is 13.0 Å². The summed E-state index contributed by atoms with van der Waals surface area (Å²) in [6.45, 7) is 6.08. The van der Waals surface area contributed by atoms with E-state index in [1.807, 2.05) is 50.3 Å². The first-order valence-electron chi connectivity index (χ1n) is 6.46. The summed E-state index contributed by atoms with van der Waals surface area (Å²) < 4.78 is 11.5. The molecule has 0 unspecified atom stereocenters. The van der Waals surface area contributed by atoms with Crippen LogP contribution in [0, 0.1) is 0 Å². The van der Waals surface area contributed by atoms with Crippen LogP contribution in [0.1, 0.15) is 31.9 Å². The van der Waals surface area contributed by atoms with E-state index < -0.39 is 11.9 Å². The first-order valence-corrected chi connectivity index (χ1v) is 6.46. The van der Waals surface area contributed by atoms with E-state index in [1.165, 1.54) is 0 Å². The lowest BCUT2D eigenvalue weighted by Gasteiger charge is -2.33. The van der Waals surface area contributed by atoms with E-state index >= 15 is 0 Å². The fourth-order valence-electron chi connectivity index (χ4n) is 1.91. The number of aliphatic hydroxyl groups excluding tert-OH is 1. The van der Waals surface area contributed by atoms with Gasteiger partial charge in [0, 0.05) is 19.4 Å². The van der Waals surface area contributed by atoms with E-state index in [2.05, 4.69) is 0 Å². The lowest BCUT2D eigenvalue weighted by Crippen LogP contribution is -2.35. The largest absolute Gasteiger partial charge is 0.463 e. The molecule has 1 atom stereocenters. The van der Waals surface area contributed by atoms with Crippen LogP contribution < -0.4 is 4.74 Å².